The maximum absolute atomic E-state index is 13.1. The van der Waals surface area contributed by atoms with Crippen molar-refractivity contribution in [2.75, 3.05) is 37.3 Å². The summed E-state index contributed by atoms with van der Waals surface area (Å²) in [5, 5.41) is 3.74. The van der Waals surface area contributed by atoms with Crippen LogP contribution < -0.4 is 4.90 Å². The van der Waals surface area contributed by atoms with Crippen LogP contribution in [0, 0.1) is 0 Å². The zero-order valence-corrected chi connectivity index (χ0v) is 18.4. The van der Waals surface area contributed by atoms with E-state index >= 15 is 0 Å². The maximum atomic E-state index is 13.1. The first-order chi connectivity index (χ1) is 14.9. The molecule has 10 nitrogen and oxygen atoms in total. The minimum atomic E-state index is -2.70. The third kappa shape index (κ3) is 5.09. The van der Waals surface area contributed by atoms with Gasteiger partial charge in [-0.3, -0.25) is 14.3 Å². The van der Waals surface area contributed by atoms with Crippen molar-refractivity contribution >= 4 is 27.5 Å². The van der Waals surface area contributed by atoms with E-state index in [1.807, 2.05) is 0 Å². The van der Waals surface area contributed by atoms with E-state index in [0.717, 1.165) is 25.9 Å². The molecular weight excluding hydrogens is 418 g/mol. The Labute approximate surface area is 181 Å². The molecule has 4 heterocycles. The van der Waals surface area contributed by atoms with Crippen molar-refractivity contribution in [2.45, 2.75) is 37.5 Å². The van der Waals surface area contributed by atoms with E-state index < -0.39 is 15.6 Å². The summed E-state index contributed by atoms with van der Waals surface area (Å²) in [6, 6.07) is 3.36. The Kier molecular flexibility index (Phi) is 6.30. The van der Waals surface area contributed by atoms with Crippen molar-refractivity contribution in [1.29, 1.82) is 0 Å². The highest BCUT2D eigenvalue weighted by molar-refractivity contribution is 7.93. The fourth-order valence-corrected chi connectivity index (χ4v) is 5.73. The van der Waals surface area contributed by atoms with Crippen LogP contribution in [0.4, 0.5) is 5.95 Å². The highest BCUT2D eigenvalue weighted by Gasteiger charge is 2.30. The Bertz CT molecular complexity index is 1050. The molecule has 0 N–H and O–H groups in total. The zero-order valence-electron chi connectivity index (χ0n) is 17.6. The molecular formula is C20H27N7O3S. The van der Waals surface area contributed by atoms with E-state index in [2.05, 4.69) is 24.3 Å². The minimum absolute atomic E-state index is 0.0256. The van der Waals surface area contributed by atoms with Crippen molar-refractivity contribution in [1.82, 2.24) is 24.6 Å². The monoisotopic (exact) mass is 445 g/mol. The molecule has 166 valence electrons. The summed E-state index contributed by atoms with van der Waals surface area (Å²) in [7, 11) is -2.70. The second-order valence-electron chi connectivity index (χ2n) is 7.98. The first-order valence-corrected chi connectivity index (χ1v) is 12.5. The molecule has 2 saturated heterocycles. The van der Waals surface area contributed by atoms with Crippen molar-refractivity contribution < 1.29 is 13.8 Å². The zero-order chi connectivity index (χ0) is 21.8. The van der Waals surface area contributed by atoms with Crippen molar-refractivity contribution in [2.24, 2.45) is 4.36 Å². The largest absolute Gasteiger partial charge is 0.341 e. The number of hydrogen-bond donors (Lipinski definition) is 0. The highest BCUT2D eigenvalue weighted by Crippen LogP contribution is 2.21. The topological polar surface area (TPSA) is 114 Å². The number of nitrogens with zero attached hydrogens (tertiary/aromatic N) is 7. The Hall–Kier alpha value is -2.82. The Balaban J connectivity index is 1.37. The van der Waals surface area contributed by atoms with Gasteiger partial charge in [0.25, 0.3) is 11.8 Å². The molecule has 2 aliphatic heterocycles. The van der Waals surface area contributed by atoms with Crippen LogP contribution in [-0.4, -0.2) is 78.4 Å². The summed E-state index contributed by atoms with van der Waals surface area (Å²) in [4.78, 5) is 37.7. The lowest BCUT2D eigenvalue weighted by Gasteiger charge is -2.32. The Morgan fingerprint density at radius 1 is 1.16 bits per heavy atom. The first kappa shape index (κ1) is 21.4. The number of carbonyl (C=O) groups excluding carboxylic acids is 2. The molecule has 4 rings (SSSR count). The van der Waals surface area contributed by atoms with E-state index in [-0.39, 0.29) is 17.7 Å². The van der Waals surface area contributed by atoms with Gasteiger partial charge in [0, 0.05) is 56.3 Å². The fourth-order valence-electron chi connectivity index (χ4n) is 4.03. The summed E-state index contributed by atoms with van der Waals surface area (Å²) in [6.07, 6.45) is 9.69. The second-order valence-corrected chi connectivity index (χ2v) is 10.5. The number of piperidine rings is 1. The molecule has 0 aromatic carbocycles. The number of anilines is 1. The minimum Gasteiger partial charge on any atom is -0.341 e. The number of carbonyl (C=O) groups is 2. The van der Waals surface area contributed by atoms with Crippen LogP contribution in [0.5, 0.6) is 0 Å². The van der Waals surface area contributed by atoms with Crippen LogP contribution >= 0.6 is 0 Å². The molecule has 0 spiro atoms. The molecule has 31 heavy (non-hydrogen) atoms. The molecule has 2 amide bonds. The van der Waals surface area contributed by atoms with Gasteiger partial charge >= 0.3 is 0 Å². The normalized spacial score (nSPS) is 19.3. The van der Waals surface area contributed by atoms with Gasteiger partial charge in [0.15, 0.2) is 0 Å². The van der Waals surface area contributed by atoms with Crippen molar-refractivity contribution in [3.05, 3.63) is 36.4 Å². The van der Waals surface area contributed by atoms with Crippen LogP contribution in [0.3, 0.4) is 0 Å². The van der Waals surface area contributed by atoms with Gasteiger partial charge in [0.05, 0.1) is 9.73 Å². The standard InChI is InChI=1S/C20H27N7O3S/c1-31(30,24-18(28)15-27-12-4-8-22-27)16-6-13-25(14-7-16)19(29)17-5-9-21-20(23-17)26-10-2-3-11-26/h4-5,8-9,12,16H,2-3,6-7,10-11,13-15H2,1H3. The van der Waals surface area contributed by atoms with Crippen LogP contribution in [0.25, 0.3) is 0 Å². The third-order valence-corrected chi connectivity index (χ3v) is 8.01. The van der Waals surface area contributed by atoms with Gasteiger partial charge in [0.2, 0.25) is 5.95 Å². The summed E-state index contributed by atoms with van der Waals surface area (Å²) in [5.41, 5.74) is 0.381. The maximum Gasteiger partial charge on any atom is 0.275 e. The van der Waals surface area contributed by atoms with Crippen LogP contribution in [0.15, 0.2) is 35.1 Å². The van der Waals surface area contributed by atoms with E-state index in [0.29, 0.717) is 37.6 Å². The molecule has 2 fully saturated rings. The molecule has 0 bridgehead atoms. The Morgan fingerprint density at radius 2 is 1.90 bits per heavy atom. The summed E-state index contributed by atoms with van der Waals surface area (Å²) in [6.45, 7) is 2.72. The van der Waals surface area contributed by atoms with E-state index in [4.69, 9.17) is 0 Å². The Morgan fingerprint density at radius 3 is 2.58 bits per heavy atom. The summed E-state index contributed by atoms with van der Waals surface area (Å²) in [5.74, 6) is 0.00466. The van der Waals surface area contributed by atoms with E-state index in [1.165, 1.54) is 10.9 Å². The quantitative estimate of drug-likeness (QED) is 0.679. The average Bonchev–Trinajstić information content (AvgIpc) is 3.47. The van der Waals surface area contributed by atoms with Crippen LogP contribution in [0.2, 0.25) is 0 Å². The molecule has 11 heteroatoms. The van der Waals surface area contributed by atoms with Gasteiger partial charge in [-0.2, -0.15) is 9.46 Å². The molecule has 1 unspecified atom stereocenters. The van der Waals surface area contributed by atoms with Gasteiger partial charge in [-0.15, -0.1) is 0 Å². The fraction of sp³-hybridized carbons (Fsp3) is 0.550. The van der Waals surface area contributed by atoms with E-state index in [1.54, 1.807) is 35.6 Å². The molecule has 0 saturated carbocycles. The van der Waals surface area contributed by atoms with Gasteiger partial charge in [-0.1, -0.05) is 0 Å². The van der Waals surface area contributed by atoms with E-state index in [9.17, 15) is 13.8 Å². The van der Waals surface area contributed by atoms with Gasteiger partial charge in [-0.25, -0.2) is 14.2 Å². The molecule has 0 radical (unpaired) electrons. The molecule has 1 atom stereocenters. The SMILES string of the molecule is CS(=O)(=NC(=O)Cn1cccn1)C1CCN(C(=O)c2ccnc(N3CCCC3)n2)CC1. The number of likely N-dealkylation sites (tertiary alicyclic amines) is 1. The van der Waals surface area contributed by atoms with Crippen molar-refractivity contribution in [3.63, 3.8) is 0 Å². The summed E-state index contributed by atoms with van der Waals surface area (Å²) < 4.78 is 18.5. The lowest BCUT2D eigenvalue weighted by molar-refractivity contribution is -0.118. The predicted octanol–water partition coefficient (Wildman–Crippen LogP) is 1.20. The number of amides is 2. The third-order valence-electron chi connectivity index (χ3n) is 5.74. The predicted molar refractivity (Wildman–Crippen MR) is 116 cm³/mol. The summed E-state index contributed by atoms with van der Waals surface area (Å²) >= 11 is 0. The van der Waals surface area contributed by atoms with Gasteiger partial charge in [-0.05, 0) is 37.8 Å². The molecule has 0 aliphatic carbocycles. The molecule has 2 aromatic rings. The molecule has 2 aliphatic rings. The van der Waals surface area contributed by atoms with Crippen LogP contribution in [-0.2, 0) is 21.1 Å². The number of rotatable bonds is 5. The van der Waals surface area contributed by atoms with Crippen LogP contribution in [0.1, 0.15) is 36.2 Å². The number of hydrogen-bond acceptors (Lipinski definition) is 7. The highest BCUT2D eigenvalue weighted by atomic mass is 32.2. The average molecular weight is 446 g/mol. The van der Waals surface area contributed by atoms with Gasteiger partial charge in [0.1, 0.15) is 12.2 Å². The van der Waals surface area contributed by atoms with Gasteiger partial charge < -0.3 is 9.80 Å². The first-order valence-electron chi connectivity index (χ1n) is 10.5. The number of aromatic nitrogens is 4. The lowest BCUT2D eigenvalue weighted by atomic mass is 10.1. The second kappa shape index (κ2) is 9.13. The smallest absolute Gasteiger partial charge is 0.275 e. The lowest BCUT2D eigenvalue weighted by Crippen LogP contribution is -2.42. The van der Waals surface area contributed by atoms with Crippen molar-refractivity contribution in [3.8, 4) is 0 Å². The molecule has 2 aromatic heterocycles.